The predicted octanol–water partition coefficient (Wildman–Crippen LogP) is 0.798. The first-order chi connectivity index (χ1) is 7.24. The first kappa shape index (κ1) is 11.4. The van der Waals surface area contributed by atoms with Crippen LogP contribution in [0.15, 0.2) is 0 Å². The Labute approximate surface area is 93.4 Å². The van der Waals surface area contributed by atoms with Crippen LogP contribution in [0.2, 0.25) is 0 Å². The van der Waals surface area contributed by atoms with Crippen molar-refractivity contribution in [2.45, 2.75) is 44.2 Å². The maximum atomic E-state index is 5.92. The molecule has 3 unspecified atom stereocenters. The number of hydrogen-bond acceptors (Lipinski definition) is 3. The molecule has 0 aromatic heterocycles. The number of rotatable bonds is 3. The number of hydrogen-bond donors (Lipinski definition) is 2. The van der Waals surface area contributed by atoms with E-state index in [1.807, 2.05) is 0 Å². The van der Waals surface area contributed by atoms with Crippen LogP contribution in [0.25, 0.3) is 0 Å². The van der Waals surface area contributed by atoms with Gasteiger partial charge < -0.3 is 16.0 Å². The lowest BCUT2D eigenvalue weighted by Gasteiger charge is -2.31. The Kier molecular flexibility index (Phi) is 4.00. The molecule has 3 N–H and O–H groups in total. The van der Waals surface area contributed by atoms with Crippen molar-refractivity contribution in [2.75, 3.05) is 26.7 Å². The van der Waals surface area contributed by atoms with Crippen LogP contribution in [0.4, 0.5) is 0 Å². The maximum absolute atomic E-state index is 5.92. The Hall–Kier alpha value is -0.120. The molecule has 15 heavy (non-hydrogen) atoms. The highest BCUT2D eigenvalue weighted by atomic mass is 15.1. The van der Waals surface area contributed by atoms with Gasteiger partial charge in [0.1, 0.15) is 0 Å². The number of nitrogens with two attached hydrogens (primary N) is 1. The van der Waals surface area contributed by atoms with Crippen LogP contribution in [0.1, 0.15) is 32.1 Å². The lowest BCUT2D eigenvalue weighted by atomic mass is 10.0. The second kappa shape index (κ2) is 5.28. The summed E-state index contributed by atoms with van der Waals surface area (Å²) in [4.78, 5) is 2.43. The molecule has 3 heteroatoms. The molecule has 1 heterocycles. The van der Waals surface area contributed by atoms with E-state index in [1.165, 1.54) is 51.7 Å². The van der Waals surface area contributed by atoms with E-state index in [0.29, 0.717) is 6.04 Å². The molecule has 0 aromatic carbocycles. The monoisotopic (exact) mass is 211 g/mol. The van der Waals surface area contributed by atoms with Crippen LogP contribution in [0.3, 0.4) is 0 Å². The quantitative estimate of drug-likeness (QED) is 0.725. The number of likely N-dealkylation sites (N-methyl/N-ethyl adjacent to an activating group) is 1. The fourth-order valence-electron chi connectivity index (χ4n) is 2.97. The van der Waals surface area contributed by atoms with Gasteiger partial charge in [0, 0.05) is 18.6 Å². The first-order valence-corrected chi connectivity index (χ1v) is 6.41. The fourth-order valence-corrected chi connectivity index (χ4v) is 2.97. The molecule has 88 valence electrons. The second-order valence-electron chi connectivity index (χ2n) is 5.45. The lowest BCUT2D eigenvalue weighted by molar-refractivity contribution is 0.222. The fraction of sp³-hybridized carbons (Fsp3) is 1.00. The molecule has 3 atom stereocenters. The minimum absolute atomic E-state index is 0.478. The van der Waals surface area contributed by atoms with E-state index in [2.05, 4.69) is 17.3 Å². The molecular formula is C12H25N3. The molecule has 1 saturated heterocycles. The summed E-state index contributed by atoms with van der Waals surface area (Å²) in [6.07, 6.45) is 6.49. The molecule has 2 fully saturated rings. The molecule has 1 aliphatic heterocycles. The maximum Gasteiger partial charge on any atom is 0.0195 e. The summed E-state index contributed by atoms with van der Waals surface area (Å²) >= 11 is 0. The van der Waals surface area contributed by atoms with Crippen molar-refractivity contribution >= 4 is 0 Å². The summed E-state index contributed by atoms with van der Waals surface area (Å²) < 4.78 is 0. The average molecular weight is 211 g/mol. The van der Waals surface area contributed by atoms with Gasteiger partial charge in [-0.1, -0.05) is 0 Å². The molecule has 1 saturated carbocycles. The molecule has 0 spiro atoms. The Morgan fingerprint density at radius 3 is 2.87 bits per heavy atom. The van der Waals surface area contributed by atoms with Crippen LogP contribution in [-0.2, 0) is 0 Å². The van der Waals surface area contributed by atoms with Crippen LogP contribution in [0.5, 0.6) is 0 Å². The zero-order valence-corrected chi connectivity index (χ0v) is 9.91. The van der Waals surface area contributed by atoms with Gasteiger partial charge in [0.2, 0.25) is 0 Å². The van der Waals surface area contributed by atoms with Gasteiger partial charge in [0.25, 0.3) is 0 Å². The molecule has 3 nitrogen and oxygen atoms in total. The van der Waals surface area contributed by atoms with Gasteiger partial charge in [-0.05, 0) is 58.2 Å². The molecule has 1 aliphatic carbocycles. The number of likely N-dealkylation sites (tertiary alicyclic amines) is 1. The third kappa shape index (κ3) is 3.44. The minimum atomic E-state index is 0.478. The summed E-state index contributed by atoms with van der Waals surface area (Å²) in [6.45, 7) is 3.68. The molecule has 0 amide bonds. The summed E-state index contributed by atoms with van der Waals surface area (Å²) in [5.74, 6) is 0.840. The van der Waals surface area contributed by atoms with E-state index >= 15 is 0 Å². The van der Waals surface area contributed by atoms with Crippen molar-refractivity contribution in [3.05, 3.63) is 0 Å². The highest BCUT2D eigenvalue weighted by Crippen LogP contribution is 2.23. The number of nitrogens with zero attached hydrogens (tertiary/aromatic N) is 1. The van der Waals surface area contributed by atoms with E-state index < -0.39 is 0 Å². The summed E-state index contributed by atoms with van der Waals surface area (Å²) in [6, 6.07) is 1.20. The van der Waals surface area contributed by atoms with Crippen LogP contribution < -0.4 is 11.1 Å². The number of nitrogens with one attached hydrogen (secondary N) is 1. The largest absolute Gasteiger partial charge is 0.328 e. The van der Waals surface area contributed by atoms with E-state index in [0.717, 1.165) is 12.0 Å². The minimum Gasteiger partial charge on any atom is -0.328 e. The standard InChI is InChI=1S/C12H25N3/c1-15-6-2-3-12(9-15)14-8-10-4-5-11(13)7-10/h10-12,14H,2-9,13H2,1H3. The molecule has 0 radical (unpaired) electrons. The van der Waals surface area contributed by atoms with Crippen molar-refractivity contribution in [3.8, 4) is 0 Å². The van der Waals surface area contributed by atoms with Crippen LogP contribution in [-0.4, -0.2) is 43.7 Å². The van der Waals surface area contributed by atoms with Crippen LogP contribution >= 0.6 is 0 Å². The van der Waals surface area contributed by atoms with E-state index in [4.69, 9.17) is 5.73 Å². The average Bonchev–Trinajstić information content (AvgIpc) is 2.62. The molecule has 2 rings (SSSR count). The van der Waals surface area contributed by atoms with Gasteiger partial charge in [-0.2, -0.15) is 0 Å². The van der Waals surface area contributed by atoms with Crippen LogP contribution in [0, 0.1) is 5.92 Å². The third-order valence-corrected chi connectivity index (χ3v) is 3.90. The van der Waals surface area contributed by atoms with Gasteiger partial charge >= 0.3 is 0 Å². The van der Waals surface area contributed by atoms with Crippen molar-refractivity contribution in [1.82, 2.24) is 10.2 Å². The van der Waals surface area contributed by atoms with Gasteiger partial charge in [-0.15, -0.1) is 0 Å². The Morgan fingerprint density at radius 2 is 2.20 bits per heavy atom. The Balaban J connectivity index is 1.64. The summed E-state index contributed by atoms with van der Waals surface area (Å²) in [7, 11) is 2.22. The van der Waals surface area contributed by atoms with E-state index in [9.17, 15) is 0 Å². The lowest BCUT2D eigenvalue weighted by Crippen LogP contribution is -2.45. The molecule has 0 bridgehead atoms. The highest BCUT2D eigenvalue weighted by molar-refractivity contribution is 4.82. The molecule has 0 aromatic rings. The van der Waals surface area contributed by atoms with Crippen molar-refractivity contribution in [1.29, 1.82) is 0 Å². The van der Waals surface area contributed by atoms with E-state index in [-0.39, 0.29) is 0 Å². The number of piperidine rings is 1. The predicted molar refractivity (Wildman–Crippen MR) is 63.8 cm³/mol. The highest BCUT2D eigenvalue weighted by Gasteiger charge is 2.23. The Morgan fingerprint density at radius 1 is 1.33 bits per heavy atom. The van der Waals surface area contributed by atoms with E-state index in [1.54, 1.807) is 0 Å². The first-order valence-electron chi connectivity index (χ1n) is 6.41. The SMILES string of the molecule is CN1CCCC(NCC2CCC(N)C2)C1. The van der Waals surface area contributed by atoms with Gasteiger partial charge in [0.05, 0.1) is 0 Å². The van der Waals surface area contributed by atoms with Crippen molar-refractivity contribution in [2.24, 2.45) is 11.7 Å². The summed E-state index contributed by atoms with van der Waals surface area (Å²) in [5.41, 5.74) is 5.92. The topological polar surface area (TPSA) is 41.3 Å². The smallest absolute Gasteiger partial charge is 0.0195 e. The zero-order valence-electron chi connectivity index (χ0n) is 9.91. The third-order valence-electron chi connectivity index (χ3n) is 3.90. The normalized spacial score (nSPS) is 38.4. The van der Waals surface area contributed by atoms with Crippen molar-refractivity contribution in [3.63, 3.8) is 0 Å². The Bertz CT molecular complexity index is 195. The zero-order chi connectivity index (χ0) is 10.7. The van der Waals surface area contributed by atoms with Crippen molar-refractivity contribution < 1.29 is 0 Å². The summed E-state index contributed by atoms with van der Waals surface area (Å²) in [5, 5.41) is 3.72. The second-order valence-corrected chi connectivity index (χ2v) is 5.45. The van der Waals surface area contributed by atoms with Gasteiger partial charge in [-0.3, -0.25) is 0 Å². The van der Waals surface area contributed by atoms with Gasteiger partial charge in [0.15, 0.2) is 0 Å². The van der Waals surface area contributed by atoms with Gasteiger partial charge in [-0.25, -0.2) is 0 Å². The molecule has 2 aliphatic rings. The molecular weight excluding hydrogens is 186 g/mol.